The van der Waals surface area contributed by atoms with Gasteiger partial charge in [0, 0.05) is 17.7 Å². The molecule has 216 valence electrons. The van der Waals surface area contributed by atoms with Crippen LogP contribution in [0.5, 0.6) is 23.0 Å². The average molecular weight is 564 g/mol. The van der Waals surface area contributed by atoms with Gasteiger partial charge in [-0.3, -0.25) is 4.79 Å². The third-order valence-electron chi connectivity index (χ3n) is 6.81. The largest absolute Gasteiger partial charge is 0.508 e. The number of benzene rings is 2. The van der Waals surface area contributed by atoms with Crippen molar-refractivity contribution in [3.05, 3.63) is 46.6 Å². The van der Waals surface area contributed by atoms with Gasteiger partial charge in [0.05, 0.1) is 12.7 Å². The van der Waals surface area contributed by atoms with E-state index in [1.807, 2.05) is 0 Å². The number of aromatic hydroxyl groups is 3. The van der Waals surface area contributed by atoms with E-state index in [1.165, 1.54) is 31.2 Å². The predicted molar refractivity (Wildman–Crippen MR) is 133 cm³/mol. The molecule has 2 aliphatic heterocycles. The maximum atomic E-state index is 13.6. The first kappa shape index (κ1) is 28.1. The maximum absolute atomic E-state index is 13.6. The summed E-state index contributed by atoms with van der Waals surface area (Å²) in [5.41, 5.74) is -0.850. The number of aliphatic hydroxyl groups excluding tert-OH is 5. The van der Waals surface area contributed by atoms with Gasteiger partial charge in [0.15, 0.2) is 18.2 Å². The van der Waals surface area contributed by atoms with Crippen molar-refractivity contribution >= 4 is 11.0 Å². The Morgan fingerprint density at radius 3 is 2.25 bits per heavy atom. The van der Waals surface area contributed by atoms with Gasteiger partial charge in [-0.05, 0) is 31.2 Å². The van der Waals surface area contributed by atoms with Crippen LogP contribution in [-0.4, -0.2) is 103 Å². The first-order valence-corrected chi connectivity index (χ1v) is 12.3. The molecule has 1 aromatic heterocycles. The first-order chi connectivity index (χ1) is 19.0. The molecule has 0 amide bonds. The lowest BCUT2D eigenvalue weighted by atomic mass is 9.99. The molecule has 2 fully saturated rings. The van der Waals surface area contributed by atoms with Gasteiger partial charge in [-0.2, -0.15) is 0 Å². The van der Waals surface area contributed by atoms with E-state index in [2.05, 4.69) is 0 Å². The second-order valence-electron chi connectivity index (χ2n) is 9.63. The first-order valence-electron chi connectivity index (χ1n) is 12.3. The lowest BCUT2D eigenvalue weighted by molar-refractivity contribution is -0.344. The van der Waals surface area contributed by atoms with Crippen molar-refractivity contribution < 1.29 is 64.2 Å². The van der Waals surface area contributed by atoms with E-state index < -0.39 is 78.8 Å². The van der Waals surface area contributed by atoms with Crippen LogP contribution in [0.4, 0.5) is 0 Å². The molecule has 0 saturated carbocycles. The van der Waals surface area contributed by atoms with Gasteiger partial charge in [-0.1, -0.05) is 0 Å². The van der Waals surface area contributed by atoms with E-state index in [1.54, 1.807) is 0 Å². The Morgan fingerprint density at radius 2 is 1.55 bits per heavy atom. The molecule has 0 unspecified atom stereocenters. The number of aliphatic hydroxyl groups is 5. The number of hydrogen-bond donors (Lipinski definition) is 8. The van der Waals surface area contributed by atoms with Crippen molar-refractivity contribution in [2.75, 3.05) is 6.61 Å². The number of rotatable bonds is 5. The fourth-order valence-electron chi connectivity index (χ4n) is 4.59. The van der Waals surface area contributed by atoms with Crippen LogP contribution in [0, 0.1) is 0 Å². The lowest BCUT2D eigenvalue weighted by Gasteiger charge is -2.43. The molecule has 2 aromatic carbocycles. The Balaban J connectivity index is 1.57. The summed E-state index contributed by atoms with van der Waals surface area (Å²) in [6.07, 6.45) is -13.9. The van der Waals surface area contributed by atoms with Gasteiger partial charge < -0.3 is 64.2 Å². The highest BCUT2D eigenvalue weighted by Gasteiger charge is 2.48. The van der Waals surface area contributed by atoms with Crippen molar-refractivity contribution in [3.8, 4) is 34.3 Å². The molecular formula is C26H28O14. The number of fused-ring (bicyclic) bond motifs is 1. The minimum atomic E-state index is -1.76. The molecule has 5 rings (SSSR count). The maximum Gasteiger partial charge on any atom is 0.239 e. The Morgan fingerprint density at radius 1 is 0.850 bits per heavy atom. The second-order valence-corrected chi connectivity index (χ2v) is 9.63. The molecule has 8 N–H and O–H groups in total. The average Bonchev–Trinajstić information content (AvgIpc) is 2.91. The topological polar surface area (TPSA) is 229 Å². The van der Waals surface area contributed by atoms with Crippen LogP contribution >= 0.6 is 0 Å². The second kappa shape index (κ2) is 10.8. The summed E-state index contributed by atoms with van der Waals surface area (Å²) < 4.78 is 28.3. The van der Waals surface area contributed by atoms with E-state index >= 15 is 0 Å². The number of hydrogen-bond acceptors (Lipinski definition) is 14. The molecule has 40 heavy (non-hydrogen) atoms. The summed E-state index contributed by atoms with van der Waals surface area (Å²) in [5, 5.41) is 81.1. The summed E-state index contributed by atoms with van der Waals surface area (Å²) in [4.78, 5) is 13.6. The van der Waals surface area contributed by atoms with Crippen molar-refractivity contribution in [2.45, 2.75) is 62.2 Å². The van der Waals surface area contributed by atoms with Crippen LogP contribution in [0.2, 0.25) is 0 Å². The molecule has 2 aliphatic rings. The Bertz CT molecular complexity index is 1420. The highest BCUT2D eigenvalue weighted by molar-refractivity contribution is 5.88. The molecule has 0 radical (unpaired) electrons. The van der Waals surface area contributed by atoms with Crippen LogP contribution in [0.3, 0.4) is 0 Å². The third kappa shape index (κ3) is 5.07. The molecule has 14 heteroatoms. The predicted octanol–water partition coefficient (Wildman–Crippen LogP) is -0.754. The van der Waals surface area contributed by atoms with E-state index in [-0.39, 0.29) is 33.8 Å². The quantitative estimate of drug-likeness (QED) is 0.191. The molecular weight excluding hydrogens is 536 g/mol. The molecule has 14 nitrogen and oxygen atoms in total. The standard InChI is InChI=1S/C26H28O14/c1-9-17(31)20(34)21(35)25(37-9)40-24-18(32)14(30)8-36-26(24)39-23-19(33)16-13(29)6-12(28)7-15(16)38-22(23)10-2-4-11(27)5-3-10/h2-7,9,14,17-18,20-21,24-32,34-35H,8H2,1H3/t9-,14+,17-,18-,20+,21+,24+,25-,26-/m0/s1. The van der Waals surface area contributed by atoms with Gasteiger partial charge >= 0.3 is 0 Å². The Labute approximate surface area is 225 Å². The molecule has 0 aliphatic carbocycles. The van der Waals surface area contributed by atoms with Gasteiger partial charge in [-0.15, -0.1) is 0 Å². The molecule has 0 bridgehead atoms. The van der Waals surface area contributed by atoms with Crippen LogP contribution in [0.15, 0.2) is 45.6 Å². The van der Waals surface area contributed by atoms with Crippen LogP contribution in [-0.2, 0) is 14.2 Å². The zero-order chi connectivity index (χ0) is 28.9. The molecule has 3 aromatic rings. The zero-order valence-electron chi connectivity index (χ0n) is 20.9. The minimum Gasteiger partial charge on any atom is -0.508 e. The van der Waals surface area contributed by atoms with E-state index in [0.717, 1.165) is 12.1 Å². The van der Waals surface area contributed by atoms with Crippen molar-refractivity contribution in [1.82, 2.24) is 0 Å². The van der Waals surface area contributed by atoms with Gasteiger partial charge in [0.25, 0.3) is 0 Å². The fourth-order valence-corrected chi connectivity index (χ4v) is 4.59. The summed E-state index contributed by atoms with van der Waals surface area (Å²) in [7, 11) is 0. The summed E-state index contributed by atoms with van der Waals surface area (Å²) >= 11 is 0. The summed E-state index contributed by atoms with van der Waals surface area (Å²) in [5.74, 6) is -1.80. The van der Waals surface area contributed by atoms with Crippen molar-refractivity contribution in [3.63, 3.8) is 0 Å². The molecule has 2 saturated heterocycles. The zero-order valence-corrected chi connectivity index (χ0v) is 20.9. The van der Waals surface area contributed by atoms with Gasteiger partial charge in [-0.25, -0.2) is 0 Å². The number of phenolic OH excluding ortho intramolecular Hbond substituents is 3. The number of ether oxygens (including phenoxy) is 4. The minimum absolute atomic E-state index is 0.0848. The van der Waals surface area contributed by atoms with Crippen molar-refractivity contribution in [2.24, 2.45) is 0 Å². The normalized spacial score (nSPS) is 32.7. The van der Waals surface area contributed by atoms with Crippen molar-refractivity contribution in [1.29, 1.82) is 0 Å². The van der Waals surface area contributed by atoms with Crippen LogP contribution in [0.25, 0.3) is 22.3 Å². The highest BCUT2D eigenvalue weighted by atomic mass is 16.8. The third-order valence-corrected chi connectivity index (χ3v) is 6.81. The molecule has 0 spiro atoms. The van der Waals surface area contributed by atoms with E-state index in [4.69, 9.17) is 23.4 Å². The summed E-state index contributed by atoms with van der Waals surface area (Å²) in [6.45, 7) is 0.964. The van der Waals surface area contributed by atoms with Gasteiger partial charge in [0.1, 0.15) is 58.7 Å². The Kier molecular flexibility index (Phi) is 7.60. The number of phenols is 3. The van der Waals surface area contributed by atoms with E-state index in [9.17, 15) is 45.6 Å². The fraction of sp³-hybridized carbons (Fsp3) is 0.423. The monoisotopic (exact) mass is 564 g/mol. The highest BCUT2D eigenvalue weighted by Crippen LogP contribution is 2.37. The summed E-state index contributed by atoms with van der Waals surface area (Å²) in [6, 6.07) is 7.47. The smallest absolute Gasteiger partial charge is 0.239 e. The molecule has 9 atom stereocenters. The van der Waals surface area contributed by atoms with Gasteiger partial charge in [0.2, 0.25) is 17.5 Å². The van der Waals surface area contributed by atoms with Crippen LogP contribution < -0.4 is 10.2 Å². The van der Waals surface area contributed by atoms with Crippen LogP contribution in [0.1, 0.15) is 6.92 Å². The van der Waals surface area contributed by atoms with E-state index in [0.29, 0.717) is 0 Å². The lowest BCUT2D eigenvalue weighted by Crippen LogP contribution is -2.62. The Hall–Kier alpha value is -3.47. The molecule has 3 heterocycles. The SMILES string of the molecule is C[C@@H]1O[C@@H](O[C@H]2[C@H](Oc3c(-c4ccc(O)cc4)oc4cc(O)cc(O)c4c3=O)OC[C@@H](O)[C@@H]2O)[C@H](O)[C@H](O)[C@H]1O.